The number of benzene rings is 2. The summed E-state index contributed by atoms with van der Waals surface area (Å²) in [5, 5.41) is 5.66. The van der Waals surface area contributed by atoms with E-state index in [1.54, 1.807) is 16.6 Å². The molecule has 28 heavy (non-hydrogen) atoms. The molecule has 4 rings (SSSR count). The average molecular weight is 391 g/mol. The summed E-state index contributed by atoms with van der Waals surface area (Å²) in [4.78, 5) is 19.1. The van der Waals surface area contributed by atoms with Gasteiger partial charge in [0.15, 0.2) is 5.65 Å². The zero-order chi connectivity index (χ0) is 19.7. The van der Waals surface area contributed by atoms with E-state index in [9.17, 15) is 4.79 Å². The third-order valence-electron chi connectivity index (χ3n) is 4.65. The van der Waals surface area contributed by atoms with Crippen LogP contribution >= 0.6 is 11.6 Å². The van der Waals surface area contributed by atoms with E-state index in [4.69, 9.17) is 11.6 Å². The van der Waals surface area contributed by atoms with Crippen LogP contribution in [0.25, 0.3) is 16.7 Å². The number of hydrogen-bond acceptors (Lipinski definition) is 3. The van der Waals surface area contributed by atoms with Crippen molar-refractivity contribution in [3.05, 3.63) is 88.7 Å². The summed E-state index contributed by atoms with van der Waals surface area (Å²) in [5.74, 6) is -0.171. The van der Waals surface area contributed by atoms with Crippen LogP contribution in [0.1, 0.15) is 21.6 Å². The Labute approximate surface area is 168 Å². The van der Waals surface area contributed by atoms with Gasteiger partial charge >= 0.3 is 0 Å². The lowest BCUT2D eigenvalue weighted by molar-refractivity contribution is 0.0785. The minimum atomic E-state index is -0.171. The van der Waals surface area contributed by atoms with Crippen LogP contribution in [-0.2, 0) is 6.54 Å². The Morgan fingerprint density at radius 3 is 2.39 bits per heavy atom. The number of aryl methyl sites for hydroxylation is 1. The van der Waals surface area contributed by atoms with Crippen molar-refractivity contribution in [2.75, 3.05) is 7.05 Å². The van der Waals surface area contributed by atoms with Gasteiger partial charge in [0.1, 0.15) is 0 Å². The van der Waals surface area contributed by atoms with Crippen molar-refractivity contribution in [1.82, 2.24) is 19.7 Å². The van der Waals surface area contributed by atoms with Crippen molar-refractivity contribution < 1.29 is 4.79 Å². The molecule has 0 fully saturated rings. The molecular formula is C22H19ClN4O. The van der Waals surface area contributed by atoms with Crippen LogP contribution in [0.2, 0.25) is 5.02 Å². The number of para-hydroxylation sites is 1. The summed E-state index contributed by atoms with van der Waals surface area (Å²) >= 11 is 6.65. The average Bonchev–Trinajstić information content (AvgIpc) is 3.06. The molecule has 6 heteroatoms. The second-order valence-corrected chi connectivity index (χ2v) is 7.04. The van der Waals surface area contributed by atoms with Gasteiger partial charge in [-0.3, -0.25) is 4.79 Å². The lowest BCUT2D eigenvalue weighted by Crippen LogP contribution is -2.26. The molecule has 0 saturated carbocycles. The Morgan fingerprint density at radius 2 is 1.71 bits per heavy atom. The van der Waals surface area contributed by atoms with Crippen LogP contribution in [0.5, 0.6) is 0 Å². The van der Waals surface area contributed by atoms with Crippen molar-refractivity contribution in [3.63, 3.8) is 0 Å². The number of aromatic nitrogens is 3. The summed E-state index contributed by atoms with van der Waals surface area (Å²) in [6.45, 7) is 2.37. The van der Waals surface area contributed by atoms with E-state index in [0.717, 1.165) is 16.9 Å². The van der Waals surface area contributed by atoms with E-state index in [1.165, 1.54) is 6.20 Å². The van der Waals surface area contributed by atoms with Gasteiger partial charge in [0.05, 0.1) is 27.4 Å². The normalized spacial score (nSPS) is 11.0. The Balaban J connectivity index is 1.72. The van der Waals surface area contributed by atoms with Gasteiger partial charge in [0.25, 0.3) is 5.91 Å². The molecule has 0 aliphatic heterocycles. The number of fused-ring (bicyclic) bond motifs is 1. The molecule has 140 valence electrons. The molecule has 0 N–H and O–H groups in total. The predicted octanol–water partition coefficient (Wildman–Crippen LogP) is 4.65. The molecular weight excluding hydrogens is 372 g/mol. The van der Waals surface area contributed by atoms with Gasteiger partial charge in [-0.05, 0) is 24.6 Å². The fourth-order valence-electron chi connectivity index (χ4n) is 3.24. The van der Waals surface area contributed by atoms with Crippen molar-refractivity contribution >= 4 is 28.5 Å². The molecule has 0 bridgehead atoms. The molecule has 4 aromatic rings. The second kappa shape index (κ2) is 7.44. The molecule has 2 heterocycles. The number of nitrogens with zero attached hydrogens (tertiary/aromatic N) is 4. The first-order valence-electron chi connectivity index (χ1n) is 8.95. The summed E-state index contributed by atoms with van der Waals surface area (Å²) < 4.78 is 1.75. The summed E-state index contributed by atoms with van der Waals surface area (Å²) in [6, 6.07) is 19.6. The number of halogens is 1. The molecule has 0 unspecified atom stereocenters. The predicted molar refractivity (Wildman–Crippen MR) is 111 cm³/mol. The highest BCUT2D eigenvalue weighted by atomic mass is 35.5. The van der Waals surface area contributed by atoms with Crippen molar-refractivity contribution in [3.8, 4) is 5.69 Å². The van der Waals surface area contributed by atoms with Gasteiger partial charge in [-0.1, -0.05) is 60.1 Å². The van der Waals surface area contributed by atoms with Crippen LogP contribution in [0.4, 0.5) is 0 Å². The quantitative estimate of drug-likeness (QED) is 0.509. The first kappa shape index (κ1) is 18.2. The van der Waals surface area contributed by atoms with Crippen molar-refractivity contribution in [2.45, 2.75) is 13.5 Å². The van der Waals surface area contributed by atoms with E-state index in [2.05, 4.69) is 10.1 Å². The Kier molecular flexibility index (Phi) is 4.84. The largest absolute Gasteiger partial charge is 0.337 e. The third kappa shape index (κ3) is 3.25. The maximum atomic E-state index is 13.0. The molecule has 2 aromatic carbocycles. The molecule has 2 aromatic heterocycles. The lowest BCUT2D eigenvalue weighted by atomic mass is 10.1. The van der Waals surface area contributed by atoms with Gasteiger partial charge in [0.2, 0.25) is 0 Å². The van der Waals surface area contributed by atoms with Crippen LogP contribution < -0.4 is 0 Å². The lowest BCUT2D eigenvalue weighted by Gasteiger charge is -2.18. The van der Waals surface area contributed by atoms with E-state index in [1.807, 2.05) is 67.6 Å². The van der Waals surface area contributed by atoms with E-state index < -0.39 is 0 Å². The van der Waals surface area contributed by atoms with E-state index in [-0.39, 0.29) is 5.91 Å². The topological polar surface area (TPSA) is 51.0 Å². The highest BCUT2D eigenvalue weighted by Crippen LogP contribution is 2.30. The van der Waals surface area contributed by atoms with E-state index >= 15 is 0 Å². The molecule has 5 nitrogen and oxygen atoms in total. The van der Waals surface area contributed by atoms with E-state index in [0.29, 0.717) is 28.2 Å². The maximum Gasteiger partial charge on any atom is 0.257 e. The third-order valence-corrected chi connectivity index (χ3v) is 5.04. The fourth-order valence-corrected chi connectivity index (χ4v) is 3.59. The number of pyridine rings is 1. The minimum Gasteiger partial charge on any atom is -0.337 e. The zero-order valence-corrected chi connectivity index (χ0v) is 16.4. The molecule has 0 atom stereocenters. The van der Waals surface area contributed by atoms with Crippen LogP contribution in [-0.4, -0.2) is 32.6 Å². The van der Waals surface area contributed by atoms with Gasteiger partial charge in [-0.25, -0.2) is 9.67 Å². The number of carbonyl (C=O) groups is 1. The second-order valence-electron chi connectivity index (χ2n) is 6.66. The van der Waals surface area contributed by atoms with Crippen molar-refractivity contribution in [2.24, 2.45) is 0 Å². The molecule has 0 spiro atoms. The molecule has 1 amide bonds. The van der Waals surface area contributed by atoms with Crippen LogP contribution in [0.3, 0.4) is 0 Å². The highest BCUT2D eigenvalue weighted by Gasteiger charge is 2.22. The summed E-state index contributed by atoms with van der Waals surface area (Å²) in [6.07, 6.45) is 1.54. The van der Waals surface area contributed by atoms with Gasteiger partial charge in [-0.15, -0.1) is 0 Å². The number of carbonyl (C=O) groups excluding carboxylic acids is 1. The number of rotatable bonds is 4. The van der Waals surface area contributed by atoms with Crippen LogP contribution in [0, 0.1) is 6.92 Å². The molecule has 0 aliphatic carbocycles. The molecule has 0 radical (unpaired) electrons. The Morgan fingerprint density at radius 1 is 1.07 bits per heavy atom. The van der Waals surface area contributed by atoms with Gasteiger partial charge < -0.3 is 4.90 Å². The summed E-state index contributed by atoms with van der Waals surface area (Å²) in [5.41, 5.74) is 3.69. The number of hydrogen-bond donors (Lipinski definition) is 0. The highest BCUT2D eigenvalue weighted by molar-refractivity contribution is 6.38. The standard InChI is InChI=1S/C22H19ClN4O/c1-15-19-20(23)18(22(28)26(2)14-16-9-5-3-6-10-16)13-24-21(19)27(25-15)17-11-7-4-8-12-17/h3-13H,14H2,1-2H3. The summed E-state index contributed by atoms with van der Waals surface area (Å²) in [7, 11) is 1.76. The Bertz CT molecular complexity index is 1140. The maximum absolute atomic E-state index is 13.0. The molecule has 0 aliphatic rings. The number of amides is 1. The van der Waals surface area contributed by atoms with Gasteiger partial charge in [-0.2, -0.15) is 5.10 Å². The van der Waals surface area contributed by atoms with Crippen molar-refractivity contribution in [1.29, 1.82) is 0 Å². The first-order valence-corrected chi connectivity index (χ1v) is 9.32. The van der Waals surface area contributed by atoms with Gasteiger partial charge in [0, 0.05) is 19.8 Å². The fraction of sp³-hybridized carbons (Fsp3) is 0.136. The smallest absolute Gasteiger partial charge is 0.257 e. The first-order chi connectivity index (χ1) is 13.6. The zero-order valence-electron chi connectivity index (χ0n) is 15.6. The minimum absolute atomic E-state index is 0.171. The Hall–Kier alpha value is -3.18. The SMILES string of the molecule is Cc1nn(-c2ccccc2)c2ncc(C(=O)N(C)Cc3ccccc3)c(Cl)c12. The van der Waals surface area contributed by atoms with Crippen LogP contribution in [0.15, 0.2) is 66.9 Å². The monoisotopic (exact) mass is 390 g/mol. The molecule has 0 saturated heterocycles.